The van der Waals surface area contributed by atoms with E-state index in [4.69, 9.17) is 4.99 Å². The lowest BCUT2D eigenvalue weighted by atomic mass is 10.0. The van der Waals surface area contributed by atoms with Crippen LogP contribution in [0.5, 0.6) is 0 Å². The largest absolute Gasteiger partial charge is 0.357 e. The van der Waals surface area contributed by atoms with Gasteiger partial charge in [-0.1, -0.05) is 18.6 Å². The molecule has 0 radical (unpaired) electrons. The van der Waals surface area contributed by atoms with Crippen molar-refractivity contribution >= 4 is 40.0 Å². The normalized spacial score (nSPS) is 19.6. The highest BCUT2D eigenvalue weighted by molar-refractivity contribution is 14.0. The van der Waals surface area contributed by atoms with E-state index >= 15 is 0 Å². The minimum atomic E-state index is -3.42. The lowest BCUT2D eigenvalue weighted by Gasteiger charge is -2.35. The van der Waals surface area contributed by atoms with Crippen LogP contribution in [0.1, 0.15) is 58.4 Å². The van der Waals surface area contributed by atoms with Crippen molar-refractivity contribution in [1.82, 2.24) is 19.8 Å². The maximum Gasteiger partial charge on any atom is 0.243 e. The van der Waals surface area contributed by atoms with Crippen molar-refractivity contribution < 1.29 is 8.42 Å². The van der Waals surface area contributed by atoms with Gasteiger partial charge in [-0.15, -0.1) is 24.0 Å². The molecule has 0 spiro atoms. The third-order valence-corrected chi connectivity index (χ3v) is 8.11. The molecule has 0 aliphatic carbocycles. The van der Waals surface area contributed by atoms with Gasteiger partial charge < -0.3 is 15.5 Å². The second kappa shape index (κ2) is 13.1. The number of sulfonamides is 1. The van der Waals surface area contributed by atoms with Gasteiger partial charge in [0.15, 0.2) is 5.96 Å². The number of guanidine groups is 1. The summed E-state index contributed by atoms with van der Waals surface area (Å²) in [5, 5.41) is 6.90. The van der Waals surface area contributed by atoms with E-state index in [1.54, 1.807) is 16.4 Å². The standard InChI is InChI=1S/C23H39N5O2S.HI/c1-4-24-23(26-21-11-15-27(16-12-21)19(2)3)25-18-20-9-8-10-22(17-20)31(29,30)28-13-6-5-7-14-28;/h8-10,17,19,21H,4-7,11-16,18H2,1-3H3,(H2,24,25,26);1H. The SMILES string of the molecule is CCNC(=NCc1cccc(S(=O)(=O)N2CCCCC2)c1)NC1CCN(C(C)C)CC1.I. The van der Waals surface area contributed by atoms with Crippen LogP contribution in [-0.4, -0.2) is 68.4 Å². The zero-order chi connectivity index (χ0) is 22.3. The van der Waals surface area contributed by atoms with E-state index in [0.717, 1.165) is 63.3 Å². The van der Waals surface area contributed by atoms with Crippen molar-refractivity contribution in [3.8, 4) is 0 Å². The molecule has 2 aliphatic rings. The fourth-order valence-electron chi connectivity index (χ4n) is 4.30. The molecule has 0 aromatic heterocycles. The highest BCUT2D eigenvalue weighted by Gasteiger charge is 2.26. The molecular formula is C23H40IN5O2S. The van der Waals surface area contributed by atoms with E-state index < -0.39 is 10.0 Å². The van der Waals surface area contributed by atoms with Gasteiger partial charge in [-0.2, -0.15) is 4.31 Å². The van der Waals surface area contributed by atoms with Crippen LogP contribution in [-0.2, 0) is 16.6 Å². The Bertz CT molecular complexity index is 833. The molecule has 2 N–H and O–H groups in total. The van der Waals surface area contributed by atoms with Gasteiger partial charge in [-0.3, -0.25) is 0 Å². The van der Waals surface area contributed by atoms with Crippen LogP contribution in [0.25, 0.3) is 0 Å². The Morgan fingerprint density at radius 2 is 1.81 bits per heavy atom. The van der Waals surface area contributed by atoms with Crippen LogP contribution in [0.2, 0.25) is 0 Å². The van der Waals surface area contributed by atoms with Crippen LogP contribution in [0.4, 0.5) is 0 Å². The van der Waals surface area contributed by atoms with Gasteiger partial charge in [0.1, 0.15) is 0 Å². The van der Waals surface area contributed by atoms with Gasteiger partial charge in [-0.25, -0.2) is 13.4 Å². The number of hydrogen-bond acceptors (Lipinski definition) is 4. The zero-order valence-electron chi connectivity index (χ0n) is 19.7. The molecule has 2 saturated heterocycles. The second-order valence-electron chi connectivity index (χ2n) is 8.86. The highest BCUT2D eigenvalue weighted by Crippen LogP contribution is 2.21. The smallest absolute Gasteiger partial charge is 0.243 e. The highest BCUT2D eigenvalue weighted by atomic mass is 127. The minimum Gasteiger partial charge on any atom is -0.357 e. The Morgan fingerprint density at radius 3 is 2.44 bits per heavy atom. The van der Waals surface area contributed by atoms with E-state index in [-0.39, 0.29) is 24.0 Å². The zero-order valence-corrected chi connectivity index (χ0v) is 22.9. The summed E-state index contributed by atoms with van der Waals surface area (Å²) in [6, 6.07) is 8.25. The van der Waals surface area contributed by atoms with Gasteiger partial charge in [0.2, 0.25) is 10.0 Å². The lowest BCUT2D eigenvalue weighted by molar-refractivity contribution is 0.167. The molecule has 2 heterocycles. The third kappa shape index (κ3) is 7.56. The molecule has 2 fully saturated rings. The molecule has 1 aromatic carbocycles. The molecule has 32 heavy (non-hydrogen) atoms. The Hall–Kier alpha value is -0.910. The summed E-state index contributed by atoms with van der Waals surface area (Å²) in [6.07, 6.45) is 5.20. The van der Waals surface area contributed by atoms with Crippen LogP contribution in [0.3, 0.4) is 0 Å². The maximum atomic E-state index is 13.0. The molecular weight excluding hydrogens is 537 g/mol. The van der Waals surface area contributed by atoms with Crippen molar-refractivity contribution in [1.29, 1.82) is 0 Å². The summed E-state index contributed by atoms with van der Waals surface area (Å²) < 4.78 is 27.6. The van der Waals surface area contributed by atoms with E-state index in [0.29, 0.717) is 36.6 Å². The number of hydrogen-bond donors (Lipinski definition) is 2. The second-order valence-corrected chi connectivity index (χ2v) is 10.8. The third-order valence-electron chi connectivity index (χ3n) is 6.22. The molecule has 0 saturated carbocycles. The van der Waals surface area contributed by atoms with Crippen molar-refractivity contribution in [2.45, 2.75) is 76.4 Å². The summed E-state index contributed by atoms with van der Waals surface area (Å²) in [4.78, 5) is 7.63. The number of rotatable bonds is 7. The van der Waals surface area contributed by atoms with Gasteiger partial charge in [0.05, 0.1) is 11.4 Å². The first kappa shape index (κ1) is 27.3. The summed E-state index contributed by atoms with van der Waals surface area (Å²) in [7, 11) is -3.42. The monoisotopic (exact) mass is 577 g/mol. The van der Waals surface area contributed by atoms with Crippen LogP contribution in [0.15, 0.2) is 34.2 Å². The Kier molecular flexibility index (Phi) is 11.2. The molecule has 1 aromatic rings. The van der Waals surface area contributed by atoms with E-state index in [1.807, 2.05) is 12.1 Å². The molecule has 0 amide bonds. The maximum absolute atomic E-state index is 13.0. The fourth-order valence-corrected chi connectivity index (χ4v) is 5.89. The average molecular weight is 578 g/mol. The van der Waals surface area contributed by atoms with E-state index in [9.17, 15) is 8.42 Å². The Labute approximate surface area is 211 Å². The number of likely N-dealkylation sites (tertiary alicyclic amines) is 1. The van der Waals surface area contributed by atoms with Gasteiger partial charge >= 0.3 is 0 Å². The molecule has 0 unspecified atom stereocenters. The number of nitrogens with one attached hydrogen (secondary N) is 2. The molecule has 3 rings (SSSR count). The topological polar surface area (TPSA) is 77.0 Å². The summed E-state index contributed by atoms with van der Waals surface area (Å²) >= 11 is 0. The van der Waals surface area contributed by atoms with Crippen molar-refractivity contribution in [3.05, 3.63) is 29.8 Å². The summed E-state index contributed by atoms with van der Waals surface area (Å²) in [6.45, 7) is 11.2. The minimum absolute atomic E-state index is 0. The average Bonchev–Trinajstić information content (AvgIpc) is 2.79. The van der Waals surface area contributed by atoms with E-state index in [2.05, 4.69) is 36.3 Å². The Balaban J connectivity index is 0.00000363. The quantitative estimate of drug-likeness (QED) is 0.295. The molecule has 9 heteroatoms. The number of aliphatic imine (C=N–C) groups is 1. The predicted molar refractivity (Wildman–Crippen MR) is 142 cm³/mol. The van der Waals surface area contributed by atoms with Crippen molar-refractivity contribution in [3.63, 3.8) is 0 Å². The number of piperidine rings is 2. The first-order valence-electron chi connectivity index (χ1n) is 11.8. The summed E-state index contributed by atoms with van der Waals surface area (Å²) in [5.41, 5.74) is 0.907. The predicted octanol–water partition coefficient (Wildman–Crippen LogP) is 3.41. The van der Waals surface area contributed by atoms with Crippen LogP contribution >= 0.6 is 24.0 Å². The van der Waals surface area contributed by atoms with Crippen molar-refractivity contribution in [2.24, 2.45) is 4.99 Å². The first-order chi connectivity index (χ1) is 14.9. The molecule has 2 aliphatic heterocycles. The van der Waals surface area contributed by atoms with Gasteiger partial charge in [-0.05, 0) is 64.2 Å². The molecule has 7 nitrogen and oxygen atoms in total. The summed E-state index contributed by atoms with van der Waals surface area (Å²) in [5.74, 6) is 0.801. The fraction of sp³-hybridized carbons (Fsp3) is 0.696. The van der Waals surface area contributed by atoms with Crippen LogP contribution in [0, 0.1) is 0 Å². The van der Waals surface area contributed by atoms with Crippen LogP contribution < -0.4 is 10.6 Å². The molecule has 182 valence electrons. The first-order valence-corrected chi connectivity index (χ1v) is 13.2. The van der Waals surface area contributed by atoms with E-state index in [1.165, 1.54) is 0 Å². The van der Waals surface area contributed by atoms with Gasteiger partial charge in [0.25, 0.3) is 0 Å². The number of halogens is 1. The van der Waals surface area contributed by atoms with Gasteiger partial charge in [0, 0.05) is 44.8 Å². The lowest BCUT2D eigenvalue weighted by Crippen LogP contribution is -2.49. The molecule has 0 bridgehead atoms. The number of benzene rings is 1. The van der Waals surface area contributed by atoms with Crippen molar-refractivity contribution in [2.75, 3.05) is 32.7 Å². The Morgan fingerprint density at radius 1 is 1.12 bits per heavy atom. The molecule has 0 atom stereocenters. The number of nitrogens with zero attached hydrogens (tertiary/aromatic N) is 3.